The Hall–Kier alpha value is -2.31. The van der Waals surface area contributed by atoms with E-state index in [1.165, 1.54) is 0 Å². The number of ether oxygens (including phenoxy) is 2. The molecule has 0 aromatic heterocycles. The fourth-order valence-electron chi connectivity index (χ4n) is 3.90. The minimum atomic E-state index is -0.276. The molecule has 0 radical (unpaired) electrons. The molecule has 2 aliphatic rings. The van der Waals surface area contributed by atoms with Gasteiger partial charge in [0.2, 0.25) is 6.23 Å². The van der Waals surface area contributed by atoms with Crippen molar-refractivity contribution >= 4 is 37.6 Å². The van der Waals surface area contributed by atoms with E-state index in [0.717, 1.165) is 49.3 Å². The van der Waals surface area contributed by atoms with Gasteiger partial charge < -0.3 is 9.47 Å². The van der Waals surface area contributed by atoms with Crippen molar-refractivity contribution in [3.63, 3.8) is 0 Å². The average Bonchev–Trinajstić information content (AvgIpc) is 3.19. The predicted octanol–water partition coefficient (Wildman–Crippen LogP) is 6.46. The minimum absolute atomic E-state index is 0.123. The van der Waals surface area contributed by atoms with Crippen LogP contribution >= 0.6 is 31.9 Å². The van der Waals surface area contributed by atoms with Crippen LogP contribution < -0.4 is 9.47 Å². The normalized spacial score (nSPS) is 19.8. The molecule has 0 bridgehead atoms. The summed E-state index contributed by atoms with van der Waals surface area (Å²) >= 11 is 7.18. The Morgan fingerprint density at radius 2 is 1.79 bits per heavy atom. The molecule has 3 aromatic rings. The first kappa shape index (κ1) is 18.7. The van der Waals surface area contributed by atoms with E-state index in [1.54, 1.807) is 7.11 Å². The van der Waals surface area contributed by atoms with E-state index in [2.05, 4.69) is 67.2 Å². The second kappa shape index (κ2) is 7.50. The van der Waals surface area contributed by atoms with Crippen LogP contribution in [0, 0.1) is 0 Å². The van der Waals surface area contributed by atoms with Crippen molar-refractivity contribution in [2.75, 3.05) is 7.11 Å². The predicted molar refractivity (Wildman–Crippen MR) is 120 cm³/mol. The van der Waals surface area contributed by atoms with Crippen molar-refractivity contribution < 1.29 is 9.47 Å². The highest BCUT2D eigenvalue weighted by atomic mass is 79.9. The molecule has 146 valence electrons. The number of halogens is 2. The highest BCUT2D eigenvalue weighted by Gasteiger charge is 2.41. The Morgan fingerprint density at radius 3 is 2.55 bits per heavy atom. The topological polar surface area (TPSA) is 34.1 Å². The Kier molecular flexibility index (Phi) is 4.84. The van der Waals surface area contributed by atoms with Gasteiger partial charge >= 0.3 is 0 Å². The highest BCUT2D eigenvalue weighted by molar-refractivity contribution is 9.10. The van der Waals surface area contributed by atoms with E-state index in [4.69, 9.17) is 14.6 Å². The quantitative estimate of drug-likeness (QED) is 0.403. The van der Waals surface area contributed by atoms with Gasteiger partial charge in [0.25, 0.3) is 0 Å². The molecule has 4 nitrogen and oxygen atoms in total. The molecule has 2 heterocycles. The number of hydrazone groups is 1. The number of hydrogen-bond donors (Lipinski definition) is 0. The van der Waals surface area contributed by atoms with Crippen molar-refractivity contribution in [2.45, 2.75) is 18.7 Å². The lowest BCUT2D eigenvalue weighted by Crippen LogP contribution is -2.33. The maximum absolute atomic E-state index is 6.42. The summed E-state index contributed by atoms with van der Waals surface area (Å²) in [5.41, 5.74) is 4.37. The molecule has 2 atom stereocenters. The van der Waals surface area contributed by atoms with Crippen LogP contribution in [0.3, 0.4) is 0 Å². The van der Waals surface area contributed by atoms with Crippen LogP contribution in [0.4, 0.5) is 0 Å². The molecule has 0 spiro atoms. The lowest BCUT2D eigenvalue weighted by molar-refractivity contribution is -0.0191. The summed E-state index contributed by atoms with van der Waals surface area (Å²) < 4.78 is 13.8. The van der Waals surface area contributed by atoms with Crippen molar-refractivity contribution in [1.29, 1.82) is 0 Å². The van der Waals surface area contributed by atoms with Gasteiger partial charge in [-0.15, -0.1) is 0 Å². The van der Waals surface area contributed by atoms with Crippen molar-refractivity contribution in [3.05, 3.63) is 92.4 Å². The molecule has 0 saturated heterocycles. The smallest absolute Gasteiger partial charge is 0.213 e. The van der Waals surface area contributed by atoms with Crippen LogP contribution in [0.15, 0.2) is 80.8 Å². The Bertz CT molecular complexity index is 1100. The minimum Gasteiger partial charge on any atom is -0.497 e. The summed E-state index contributed by atoms with van der Waals surface area (Å²) in [7, 11) is 1.68. The Morgan fingerprint density at radius 1 is 1.00 bits per heavy atom. The lowest BCUT2D eigenvalue weighted by atomic mass is 9.96. The Balaban J connectivity index is 1.58. The number of methoxy groups -OCH3 is 1. The fraction of sp³-hybridized carbons (Fsp3) is 0.174. The van der Waals surface area contributed by atoms with Gasteiger partial charge in [-0.3, -0.25) is 0 Å². The van der Waals surface area contributed by atoms with Gasteiger partial charge in [-0.05, 0) is 60.2 Å². The van der Waals surface area contributed by atoms with Crippen LogP contribution in [-0.2, 0) is 0 Å². The van der Waals surface area contributed by atoms with Crippen LogP contribution in [-0.4, -0.2) is 17.8 Å². The molecule has 0 amide bonds. The standard InChI is InChI=1S/C23H18Br2N2O2/c1-28-18-8-5-14(6-9-18)20-13-21-19-12-17(25)7-10-22(19)29-23(27(21)26-20)15-3-2-4-16(24)11-15/h2-12,21,23H,13H2,1H3. The molecule has 6 heteroatoms. The SMILES string of the molecule is COc1ccc(C2=NN3C(C2)c2cc(Br)ccc2OC3c2cccc(Br)c2)cc1. The molecule has 3 aromatic carbocycles. The number of hydrogen-bond acceptors (Lipinski definition) is 4. The third kappa shape index (κ3) is 3.45. The largest absolute Gasteiger partial charge is 0.497 e. The zero-order chi connectivity index (χ0) is 20.0. The second-order valence-electron chi connectivity index (χ2n) is 7.08. The zero-order valence-corrected chi connectivity index (χ0v) is 18.9. The first-order chi connectivity index (χ1) is 14.1. The van der Waals surface area contributed by atoms with Crippen LogP contribution in [0.2, 0.25) is 0 Å². The molecule has 5 rings (SSSR count). The summed E-state index contributed by atoms with van der Waals surface area (Å²) in [6.07, 6.45) is 0.547. The summed E-state index contributed by atoms with van der Waals surface area (Å²) in [5, 5.41) is 7.10. The van der Waals surface area contributed by atoms with Crippen molar-refractivity contribution in [1.82, 2.24) is 5.01 Å². The van der Waals surface area contributed by atoms with Crippen molar-refractivity contribution in [2.24, 2.45) is 5.10 Å². The van der Waals surface area contributed by atoms with Gasteiger partial charge in [0.15, 0.2) is 0 Å². The second-order valence-corrected chi connectivity index (χ2v) is 8.91. The van der Waals surface area contributed by atoms with Gasteiger partial charge in [0.05, 0.1) is 18.9 Å². The molecule has 2 unspecified atom stereocenters. The van der Waals surface area contributed by atoms with E-state index >= 15 is 0 Å². The molecule has 0 saturated carbocycles. The van der Waals surface area contributed by atoms with Gasteiger partial charge in [0, 0.05) is 26.5 Å². The fourth-order valence-corrected chi connectivity index (χ4v) is 4.69. The van der Waals surface area contributed by atoms with Crippen LogP contribution in [0.25, 0.3) is 0 Å². The summed E-state index contributed by atoms with van der Waals surface area (Å²) in [5.74, 6) is 1.75. The molecule has 0 aliphatic carbocycles. The monoisotopic (exact) mass is 512 g/mol. The van der Waals surface area contributed by atoms with E-state index in [-0.39, 0.29) is 12.3 Å². The van der Waals surface area contributed by atoms with Gasteiger partial charge in [-0.2, -0.15) is 5.10 Å². The summed E-state index contributed by atoms with van der Waals surface area (Å²) in [6.45, 7) is 0. The van der Waals surface area contributed by atoms with Gasteiger partial charge in [0.1, 0.15) is 11.5 Å². The number of rotatable bonds is 3. The Labute approximate surface area is 186 Å². The van der Waals surface area contributed by atoms with E-state index in [9.17, 15) is 0 Å². The van der Waals surface area contributed by atoms with E-state index in [1.807, 2.05) is 36.4 Å². The maximum Gasteiger partial charge on any atom is 0.213 e. The van der Waals surface area contributed by atoms with Gasteiger partial charge in [-0.25, -0.2) is 5.01 Å². The summed E-state index contributed by atoms with van der Waals surface area (Å²) in [4.78, 5) is 0. The van der Waals surface area contributed by atoms with Crippen molar-refractivity contribution in [3.8, 4) is 11.5 Å². The highest BCUT2D eigenvalue weighted by Crippen LogP contribution is 2.48. The number of fused-ring (bicyclic) bond motifs is 3. The molecule has 29 heavy (non-hydrogen) atoms. The lowest BCUT2D eigenvalue weighted by Gasteiger charge is -2.38. The van der Waals surface area contributed by atoms with Crippen LogP contribution in [0.1, 0.15) is 35.4 Å². The zero-order valence-electron chi connectivity index (χ0n) is 15.7. The molecule has 2 aliphatic heterocycles. The molecule has 0 N–H and O–H groups in total. The van der Waals surface area contributed by atoms with Crippen LogP contribution in [0.5, 0.6) is 11.5 Å². The third-order valence-corrected chi connectivity index (χ3v) is 6.30. The molecular formula is C23H18Br2N2O2. The van der Waals surface area contributed by atoms with E-state index in [0.29, 0.717) is 0 Å². The van der Waals surface area contributed by atoms with Gasteiger partial charge in [-0.1, -0.05) is 44.0 Å². The maximum atomic E-state index is 6.42. The first-order valence-corrected chi connectivity index (χ1v) is 10.9. The molecule has 0 fully saturated rings. The molecular weight excluding hydrogens is 496 g/mol. The number of benzene rings is 3. The average molecular weight is 514 g/mol. The third-order valence-electron chi connectivity index (χ3n) is 5.31. The first-order valence-electron chi connectivity index (χ1n) is 9.34. The summed E-state index contributed by atoms with van der Waals surface area (Å²) in [6, 6.07) is 22.6. The van der Waals surface area contributed by atoms with E-state index < -0.39 is 0 Å². The number of nitrogens with zero attached hydrogens (tertiary/aromatic N) is 2.